The second-order valence-corrected chi connectivity index (χ2v) is 3.67. The standard InChI is InChI=1S/C11H14ClNO/c1-2-3-4-11(14)8-5-6-10(13)9(12)7-8/h5-7H,2-4,13H2,1H3. The highest BCUT2D eigenvalue weighted by atomic mass is 35.5. The second-order valence-electron chi connectivity index (χ2n) is 3.26. The van der Waals surface area contributed by atoms with Crippen molar-refractivity contribution in [3.8, 4) is 0 Å². The van der Waals surface area contributed by atoms with E-state index in [1.807, 2.05) is 0 Å². The van der Waals surface area contributed by atoms with Gasteiger partial charge in [-0.25, -0.2) is 0 Å². The number of hydrogen-bond acceptors (Lipinski definition) is 2. The molecule has 0 aliphatic rings. The van der Waals surface area contributed by atoms with Crippen molar-refractivity contribution in [3.05, 3.63) is 28.8 Å². The van der Waals surface area contributed by atoms with E-state index >= 15 is 0 Å². The Balaban J connectivity index is 2.76. The molecule has 1 rings (SSSR count). The summed E-state index contributed by atoms with van der Waals surface area (Å²) >= 11 is 5.81. The molecule has 2 N–H and O–H groups in total. The fourth-order valence-electron chi connectivity index (χ4n) is 1.18. The Kier molecular flexibility index (Phi) is 3.96. The highest BCUT2D eigenvalue weighted by Crippen LogP contribution is 2.20. The third-order valence-electron chi connectivity index (χ3n) is 2.08. The molecule has 0 aliphatic carbocycles. The molecule has 1 aromatic carbocycles. The van der Waals surface area contributed by atoms with E-state index in [4.69, 9.17) is 17.3 Å². The van der Waals surface area contributed by atoms with Crippen LogP contribution in [-0.4, -0.2) is 5.78 Å². The largest absolute Gasteiger partial charge is 0.398 e. The first-order valence-corrected chi connectivity index (χ1v) is 5.11. The predicted molar refractivity (Wildman–Crippen MR) is 59.7 cm³/mol. The van der Waals surface area contributed by atoms with Crippen molar-refractivity contribution >= 4 is 23.1 Å². The average Bonchev–Trinajstić information content (AvgIpc) is 2.18. The highest BCUT2D eigenvalue weighted by Gasteiger charge is 2.06. The number of nitrogens with two attached hydrogens (primary N) is 1. The lowest BCUT2D eigenvalue weighted by Gasteiger charge is -2.02. The normalized spacial score (nSPS) is 10.1. The van der Waals surface area contributed by atoms with Gasteiger partial charge >= 0.3 is 0 Å². The van der Waals surface area contributed by atoms with Gasteiger partial charge in [-0.15, -0.1) is 0 Å². The van der Waals surface area contributed by atoms with Gasteiger partial charge in [0.15, 0.2) is 5.78 Å². The lowest BCUT2D eigenvalue weighted by molar-refractivity contribution is 0.0980. The summed E-state index contributed by atoms with van der Waals surface area (Å²) in [7, 11) is 0. The van der Waals surface area contributed by atoms with Gasteiger partial charge in [-0.3, -0.25) is 4.79 Å². The number of benzene rings is 1. The van der Waals surface area contributed by atoms with Crippen LogP contribution in [-0.2, 0) is 0 Å². The number of halogens is 1. The van der Waals surface area contributed by atoms with Crippen molar-refractivity contribution in [1.29, 1.82) is 0 Å². The number of carbonyl (C=O) groups excluding carboxylic acids is 1. The van der Waals surface area contributed by atoms with Crippen molar-refractivity contribution < 1.29 is 4.79 Å². The molecule has 0 saturated carbocycles. The maximum absolute atomic E-state index is 11.6. The lowest BCUT2D eigenvalue weighted by atomic mass is 10.1. The summed E-state index contributed by atoms with van der Waals surface area (Å²) in [6.45, 7) is 2.06. The van der Waals surface area contributed by atoms with Gasteiger partial charge in [0, 0.05) is 12.0 Å². The van der Waals surface area contributed by atoms with E-state index in [1.165, 1.54) is 0 Å². The highest BCUT2D eigenvalue weighted by molar-refractivity contribution is 6.33. The zero-order valence-corrected chi connectivity index (χ0v) is 8.97. The van der Waals surface area contributed by atoms with Crippen molar-refractivity contribution in [3.63, 3.8) is 0 Å². The Bertz CT molecular complexity index is 336. The molecule has 76 valence electrons. The molecule has 0 bridgehead atoms. The topological polar surface area (TPSA) is 43.1 Å². The van der Waals surface area contributed by atoms with Crippen LogP contribution in [0.5, 0.6) is 0 Å². The summed E-state index contributed by atoms with van der Waals surface area (Å²) in [5.74, 6) is 0.133. The van der Waals surface area contributed by atoms with Crippen LogP contribution in [0.2, 0.25) is 5.02 Å². The quantitative estimate of drug-likeness (QED) is 0.614. The summed E-state index contributed by atoms with van der Waals surface area (Å²) in [5.41, 5.74) is 6.71. The van der Waals surface area contributed by atoms with Gasteiger partial charge in [0.05, 0.1) is 10.7 Å². The minimum atomic E-state index is 0.133. The molecule has 0 radical (unpaired) electrons. The van der Waals surface area contributed by atoms with Crippen LogP contribution in [0.1, 0.15) is 36.5 Å². The van der Waals surface area contributed by atoms with Crippen LogP contribution >= 0.6 is 11.6 Å². The van der Waals surface area contributed by atoms with Gasteiger partial charge in [-0.1, -0.05) is 24.9 Å². The van der Waals surface area contributed by atoms with Gasteiger partial charge in [-0.05, 0) is 24.6 Å². The van der Waals surface area contributed by atoms with Crippen LogP contribution < -0.4 is 5.73 Å². The van der Waals surface area contributed by atoms with Crippen molar-refractivity contribution in [2.45, 2.75) is 26.2 Å². The van der Waals surface area contributed by atoms with Crippen LogP contribution in [0.3, 0.4) is 0 Å². The zero-order chi connectivity index (χ0) is 10.6. The molecule has 0 saturated heterocycles. The second kappa shape index (κ2) is 5.01. The molecule has 0 spiro atoms. The smallest absolute Gasteiger partial charge is 0.162 e. The fraction of sp³-hybridized carbons (Fsp3) is 0.364. The number of nitrogen functional groups attached to an aromatic ring is 1. The summed E-state index contributed by atoms with van der Waals surface area (Å²) in [5, 5.41) is 0.451. The number of Topliss-reactive ketones (excluding diaryl/α,β-unsaturated/α-hetero) is 1. The molecular weight excluding hydrogens is 198 g/mol. The number of hydrogen-bond donors (Lipinski definition) is 1. The minimum Gasteiger partial charge on any atom is -0.398 e. The Morgan fingerprint density at radius 3 is 2.79 bits per heavy atom. The van der Waals surface area contributed by atoms with E-state index in [-0.39, 0.29) is 5.78 Å². The van der Waals surface area contributed by atoms with Gasteiger partial charge in [0.25, 0.3) is 0 Å². The Hall–Kier alpha value is -1.02. The van der Waals surface area contributed by atoms with Crippen molar-refractivity contribution in [2.75, 3.05) is 5.73 Å². The van der Waals surface area contributed by atoms with E-state index in [0.29, 0.717) is 22.7 Å². The maximum Gasteiger partial charge on any atom is 0.162 e. The maximum atomic E-state index is 11.6. The summed E-state index contributed by atoms with van der Waals surface area (Å²) < 4.78 is 0. The first kappa shape index (κ1) is 11.1. The van der Waals surface area contributed by atoms with Crippen molar-refractivity contribution in [2.24, 2.45) is 0 Å². The molecule has 2 nitrogen and oxygen atoms in total. The molecule has 0 atom stereocenters. The molecule has 0 aromatic heterocycles. The van der Waals surface area contributed by atoms with E-state index < -0.39 is 0 Å². The third-order valence-corrected chi connectivity index (χ3v) is 2.41. The number of carbonyl (C=O) groups is 1. The summed E-state index contributed by atoms with van der Waals surface area (Å²) in [6.07, 6.45) is 2.52. The van der Waals surface area contributed by atoms with Crippen LogP contribution in [0.15, 0.2) is 18.2 Å². The summed E-state index contributed by atoms with van der Waals surface area (Å²) in [6, 6.07) is 5.02. The number of unbranched alkanes of at least 4 members (excludes halogenated alkanes) is 1. The molecule has 3 heteroatoms. The van der Waals surface area contributed by atoms with E-state index in [1.54, 1.807) is 18.2 Å². The van der Waals surface area contributed by atoms with E-state index in [9.17, 15) is 4.79 Å². The number of ketones is 1. The van der Waals surface area contributed by atoms with Gasteiger partial charge in [-0.2, -0.15) is 0 Å². The fourth-order valence-corrected chi connectivity index (χ4v) is 1.36. The Morgan fingerprint density at radius 1 is 1.50 bits per heavy atom. The summed E-state index contributed by atoms with van der Waals surface area (Å²) in [4.78, 5) is 11.6. The molecule has 0 fully saturated rings. The van der Waals surface area contributed by atoms with Crippen molar-refractivity contribution in [1.82, 2.24) is 0 Å². The van der Waals surface area contributed by atoms with Gasteiger partial charge < -0.3 is 5.73 Å². The molecule has 0 unspecified atom stereocenters. The molecule has 0 heterocycles. The first-order valence-electron chi connectivity index (χ1n) is 4.73. The lowest BCUT2D eigenvalue weighted by Crippen LogP contribution is -1.99. The molecule has 0 amide bonds. The van der Waals surface area contributed by atoms with Crippen LogP contribution in [0, 0.1) is 0 Å². The Labute approximate surface area is 89.1 Å². The molecule has 1 aromatic rings. The van der Waals surface area contributed by atoms with Crippen LogP contribution in [0.4, 0.5) is 5.69 Å². The molecule has 14 heavy (non-hydrogen) atoms. The Morgan fingerprint density at radius 2 is 2.21 bits per heavy atom. The van der Waals surface area contributed by atoms with Gasteiger partial charge in [0.1, 0.15) is 0 Å². The minimum absolute atomic E-state index is 0.133. The number of rotatable bonds is 4. The third kappa shape index (κ3) is 2.74. The zero-order valence-electron chi connectivity index (χ0n) is 8.22. The van der Waals surface area contributed by atoms with E-state index in [2.05, 4.69) is 6.92 Å². The average molecular weight is 212 g/mol. The predicted octanol–water partition coefficient (Wildman–Crippen LogP) is 3.30. The molecular formula is C11H14ClNO. The monoisotopic (exact) mass is 211 g/mol. The van der Waals surface area contributed by atoms with Gasteiger partial charge in [0.2, 0.25) is 0 Å². The van der Waals surface area contributed by atoms with Crippen LogP contribution in [0.25, 0.3) is 0 Å². The molecule has 0 aliphatic heterocycles. The van der Waals surface area contributed by atoms with E-state index in [0.717, 1.165) is 12.8 Å². The first-order chi connectivity index (χ1) is 6.65. The SMILES string of the molecule is CCCCC(=O)c1ccc(N)c(Cl)c1. The number of anilines is 1.